The Morgan fingerprint density at radius 1 is 1.42 bits per heavy atom. The SMILES string of the molecule is CC1=C2c3ccc(O)cc3CC2(CCI)CCC1=O. The van der Waals surface area contributed by atoms with Crippen molar-refractivity contribution >= 4 is 33.9 Å². The summed E-state index contributed by atoms with van der Waals surface area (Å²) < 4.78 is 1.10. The molecule has 1 N–H and O–H groups in total. The Bertz CT molecular complexity index is 588. The second kappa shape index (κ2) is 4.62. The van der Waals surface area contributed by atoms with Crippen LogP contribution in [-0.2, 0) is 11.2 Å². The van der Waals surface area contributed by atoms with E-state index >= 15 is 0 Å². The molecule has 2 aliphatic rings. The minimum atomic E-state index is 0.134. The number of phenols is 1. The van der Waals surface area contributed by atoms with E-state index in [0.717, 1.165) is 29.3 Å². The van der Waals surface area contributed by atoms with Gasteiger partial charge in [-0.25, -0.2) is 0 Å². The molecule has 1 atom stereocenters. The molecule has 0 bridgehead atoms. The fourth-order valence-electron chi connectivity index (χ4n) is 3.72. The number of aromatic hydroxyl groups is 1. The molecule has 1 aromatic rings. The van der Waals surface area contributed by atoms with Gasteiger partial charge in [-0.2, -0.15) is 0 Å². The van der Waals surface area contributed by atoms with Gasteiger partial charge >= 0.3 is 0 Å². The number of Topliss-reactive ketones (excluding diaryl/α,β-unsaturated/α-hetero) is 1. The molecule has 0 radical (unpaired) electrons. The van der Waals surface area contributed by atoms with Gasteiger partial charge in [-0.3, -0.25) is 4.79 Å². The number of hydrogen-bond donors (Lipinski definition) is 1. The minimum Gasteiger partial charge on any atom is -0.508 e. The first-order chi connectivity index (χ1) is 9.07. The molecule has 0 heterocycles. The summed E-state index contributed by atoms with van der Waals surface area (Å²) in [6, 6.07) is 5.59. The molecule has 0 saturated carbocycles. The first kappa shape index (κ1) is 13.2. The number of rotatable bonds is 2. The molecule has 2 aliphatic carbocycles. The van der Waals surface area contributed by atoms with Crippen LogP contribution in [0.2, 0.25) is 0 Å². The molecule has 0 aromatic heterocycles. The van der Waals surface area contributed by atoms with Crippen molar-refractivity contribution in [2.75, 3.05) is 4.43 Å². The van der Waals surface area contributed by atoms with Crippen molar-refractivity contribution in [2.45, 2.75) is 32.6 Å². The zero-order chi connectivity index (χ0) is 13.6. The lowest BCUT2D eigenvalue weighted by atomic mass is 9.68. The molecule has 0 spiro atoms. The van der Waals surface area contributed by atoms with Crippen LogP contribution in [0.5, 0.6) is 5.75 Å². The Kier molecular flexibility index (Phi) is 3.20. The monoisotopic (exact) mass is 368 g/mol. The van der Waals surface area contributed by atoms with Crippen LogP contribution in [0.15, 0.2) is 23.8 Å². The van der Waals surface area contributed by atoms with Crippen molar-refractivity contribution in [2.24, 2.45) is 5.41 Å². The number of allylic oxidation sites excluding steroid dienone is 2. The van der Waals surface area contributed by atoms with E-state index in [1.54, 1.807) is 6.07 Å². The van der Waals surface area contributed by atoms with Gasteiger partial charge in [0.25, 0.3) is 0 Å². The van der Waals surface area contributed by atoms with E-state index in [1.165, 1.54) is 16.7 Å². The van der Waals surface area contributed by atoms with Gasteiger partial charge in [0.15, 0.2) is 5.78 Å². The number of alkyl halides is 1. The molecule has 2 nitrogen and oxygen atoms in total. The number of ketones is 1. The van der Waals surface area contributed by atoms with Crippen molar-refractivity contribution in [3.8, 4) is 5.75 Å². The van der Waals surface area contributed by atoms with Gasteiger partial charge in [-0.15, -0.1) is 0 Å². The van der Waals surface area contributed by atoms with Crippen LogP contribution in [0.25, 0.3) is 5.57 Å². The van der Waals surface area contributed by atoms with E-state index in [-0.39, 0.29) is 5.41 Å². The molecule has 3 rings (SSSR count). The lowest BCUT2D eigenvalue weighted by Crippen LogP contribution is -2.28. The number of fused-ring (bicyclic) bond motifs is 3. The highest BCUT2D eigenvalue weighted by Crippen LogP contribution is 2.56. The molecule has 0 aliphatic heterocycles. The number of benzene rings is 1. The minimum absolute atomic E-state index is 0.134. The smallest absolute Gasteiger partial charge is 0.158 e. The van der Waals surface area contributed by atoms with Crippen molar-refractivity contribution in [3.05, 3.63) is 34.9 Å². The van der Waals surface area contributed by atoms with E-state index in [9.17, 15) is 9.90 Å². The van der Waals surface area contributed by atoms with E-state index in [0.29, 0.717) is 18.0 Å². The number of carbonyl (C=O) groups excluding carboxylic acids is 1. The average Bonchev–Trinajstić information content (AvgIpc) is 2.68. The number of halogens is 1. The maximum Gasteiger partial charge on any atom is 0.158 e. The number of hydrogen-bond acceptors (Lipinski definition) is 2. The number of phenolic OH excluding ortho intramolecular Hbond substituents is 1. The standard InChI is InChI=1S/C16H17IO2/c1-10-14(19)4-5-16(6-7-17)9-11-8-12(18)2-3-13(11)15(10)16/h2-3,8,18H,4-7,9H2,1H3. The summed E-state index contributed by atoms with van der Waals surface area (Å²) in [5.74, 6) is 0.617. The molecule has 1 aromatic carbocycles. The normalized spacial score (nSPS) is 25.5. The van der Waals surface area contributed by atoms with E-state index < -0.39 is 0 Å². The zero-order valence-electron chi connectivity index (χ0n) is 11.0. The maximum atomic E-state index is 12.1. The molecule has 1 unspecified atom stereocenters. The third-order valence-electron chi connectivity index (χ3n) is 4.61. The molecule has 0 fully saturated rings. The van der Waals surface area contributed by atoms with Crippen LogP contribution in [0.4, 0.5) is 0 Å². The highest BCUT2D eigenvalue weighted by Gasteiger charge is 2.45. The molecule has 19 heavy (non-hydrogen) atoms. The fourth-order valence-corrected chi connectivity index (χ4v) is 4.75. The summed E-state index contributed by atoms with van der Waals surface area (Å²) in [5.41, 5.74) is 4.73. The summed E-state index contributed by atoms with van der Waals surface area (Å²) in [6.07, 6.45) is 3.71. The van der Waals surface area contributed by atoms with Gasteiger partial charge in [0.05, 0.1) is 0 Å². The van der Waals surface area contributed by atoms with E-state index in [1.807, 2.05) is 19.1 Å². The Morgan fingerprint density at radius 2 is 2.21 bits per heavy atom. The van der Waals surface area contributed by atoms with Gasteiger partial charge < -0.3 is 5.11 Å². The van der Waals surface area contributed by atoms with Gasteiger partial charge in [-0.05, 0) is 60.6 Å². The first-order valence-corrected chi connectivity index (χ1v) is 8.23. The Hall–Kier alpha value is -0.840. The van der Waals surface area contributed by atoms with Crippen LogP contribution in [-0.4, -0.2) is 15.3 Å². The van der Waals surface area contributed by atoms with Gasteiger partial charge in [0, 0.05) is 16.3 Å². The van der Waals surface area contributed by atoms with Crippen LogP contribution in [0, 0.1) is 5.41 Å². The van der Waals surface area contributed by atoms with Gasteiger partial charge in [0.2, 0.25) is 0 Å². The summed E-state index contributed by atoms with van der Waals surface area (Å²) in [4.78, 5) is 12.1. The highest BCUT2D eigenvalue weighted by atomic mass is 127. The van der Waals surface area contributed by atoms with Crippen molar-refractivity contribution in [1.82, 2.24) is 0 Å². The van der Waals surface area contributed by atoms with Gasteiger partial charge in [-0.1, -0.05) is 28.7 Å². The van der Waals surface area contributed by atoms with Crippen LogP contribution in [0.1, 0.15) is 37.3 Å². The summed E-state index contributed by atoms with van der Waals surface area (Å²) in [6.45, 7) is 1.97. The third-order valence-corrected chi connectivity index (χ3v) is 5.15. The maximum absolute atomic E-state index is 12.1. The topological polar surface area (TPSA) is 37.3 Å². The summed E-state index contributed by atoms with van der Waals surface area (Å²) >= 11 is 2.42. The van der Waals surface area contributed by atoms with Crippen molar-refractivity contribution in [3.63, 3.8) is 0 Å². The molecular formula is C16H17IO2. The molecule has 0 saturated heterocycles. The Balaban J connectivity index is 2.22. The van der Waals surface area contributed by atoms with Crippen LogP contribution in [0.3, 0.4) is 0 Å². The zero-order valence-corrected chi connectivity index (χ0v) is 13.2. The predicted molar refractivity (Wildman–Crippen MR) is 84.6 cm³/mol. The second-order valence-corrected chi connectivity index (χ2v) is 6.74. The summed E-state index contributed by atoms with van der Waals surface area (Å²) in [7, 11) is 0. The largest absolute Gasteiger partial charge is 0.508 e. The molecule has 100 valence electrons. The Morgan fingerprint density at radius 3 is 2.95 bits per heavy atom. The highest BCUT2D eigenvalue weighted by molar-refractivity contribution is 14.1. The fraction of sp³-hybridized carbons (Fsp3) is 0.438. The number of carbonyl (C=O) groups is 1. The lowest BCUT2D eigenvalue weighted by Gasteiger charge is -2.35. The third kappa shape index (κ3) is 1.93. The van der Waals surface area contributed by atoms with Crippen LogP contribution >= 0.6 is 22.6 Å². The molecule has 3 heteroatoms. The quantitative estimate of drug-likeness (QED) is 0.635. The summed E-state index contributed by atoms with van der Waals surface area (Å²) in [5, 5.41) is 9.68. The molecule has 0 amide bonds. The molecular weight excluding hydrogens is 351 g/mol. The predicted octanol–water partition coefficient (Wildman–Crippen LogP) is 3.90. The second-order valence-electron chi connectivity index (χ2n) is 5.66. The average molecular weight is 368 g/mol. The van der Waals surface area contributed by atoms with Crippen molar-refractivity contribution in [1.29, 1.82) is 0 Å². The lowest BCUT2D eigenvalue weighted by molar-refractivity contribution is -0.116. The van der Waals surface area contributed by atoms with Crippen molar-refractivity contribution < 1.29 is 9.90 Å². The Labute approximate surface area is 127 Å². The first-order valence-electron chi connectivity index (χ1n) is 6.70. The van der Waals surface area contributed by atoms with E-state index in [2.05, 4.69) is 22.6 Å². The van der Waals surface area contributed by atoms with E-state index in [4.69, 9.17) is 0 Å². The van der Waals surface area contributed by atoms with Crippen LogP contribution < -0.4 is 0 Å². The van der Waals surface area contributed by atoms with Gasteiger partial charge in [0.1, 0.15) is 5.75 Å².